The van der Waals surface area contributed by atoms with Crippen molar-refractivity contribution in [1.29, 1.82) is 0 Å². The second-order valence-electron chi connectivity index (χ2n) is 5.09. The summed E-state index contributed by atoms with van der Waals surface area (Å²) in [5.41, 5.74) is 1.09. The molecule has 2 fully saturated rings. The number of phenols is 2. The van der Waals surface area contributed by atoms with Crippen molar-refractivity contribution in [3.63, 3.8) is 0 Å². The van der Waals surface area contributed by atoms with Gasteiger partial charge in [0.15, 0.2) is 11.5 Å². The van der Waals surface area contributed by atoms with E-state index in [1.54, 1.807) is 12.1 Å². The number of nitrogens with zero attached hydrogens (tertiary/aromatic N) is 1. The smallest absolute Gasteiger partial charge is 0.157 e. The third-order valence-electron chi connectivity index (χ3n) is 3.95. The van der Waals surface area contributed by atoms with E-state index in [9.17, 15) is 10.2 Å². The standard InChI is InChI=1S/C13H17NO2/c15-12-4-2-10(6-13(12)16)8-14-7-9-1-3-11(14)5-9/h2,4,6,9,11,15-16H,1,3,5,7-8H2. The van der Waals surface area contributed by atoms with Crippen LogP contribution in [0.4, 0.5) is 0 Å². The van der Waals surface area contributed by atoms with Gasteiger partial charge in [-0.15, -0.1) is 0 Å². The normalized spacial score (nSPS) is 28.8. The van der Waals surface area contributed by atoms with Gasteiger partial charge in [-0.1, -0.05) is 6.07 Å². The zero-order valence-corrected chi connectivity index (χ0v) is 9.26. The van der Waals surface area contributed by atoms with Crippen LogP contribution in [0.15, 0.2) is 18.2 Å². The molecule has 1 aromatic rings. The quantitative estimate of drug-likeness (QED) is 0.748. The summed E-state index contributed by atoms with van der Waals surface area (Å²) >= 11 is 0. The van der Waals surface area contributed by atoms with E-state index in [-0.39, 0.29) is 11.5 Å². The van der Waals surface area contributed by atoms with E-state index in [0.29, 0.717) is 0 Å². The highest BCUT2D eigenvalue weighted by atomic mass is 16.3. The van der Waals surface area contributed by atoms with Gasteiger partial charge in [0.1, 0.15) is 0 Å². The largest absolute Gasteiger partial charge is 0.504 e. The fraction of sp³-hybridized carbons (Fsp3) is 0.538. The van der Waals surface area contributed by atoms with E-state index in [0.717, 1.165) is 24.1 Å². The maximum absolute atomic E-state index is 9.44. The number of aromatic hydroxyl groups is 2. The van der Waals surface area contributed by atoms with Crippen molar-refractivity contribution in [2.45, 2.75) is 31.8 Å². The molecule has 1 aliphatic heterocycles. The third-order valence-corrected chi connectivity index (χ3v) is 3.95. The minimum Gasteiger partial charge on any atom is -0.504 e. The molecular formula is C13H17NO2. The summed E-state index contributed by atoms with van der Waals surface area (Å²) in [7, 11) is 0. The highest BCUT2D eigenvalue weighted by Crippen LogP contribution is 2.38. The van der Waals surface area contributed by atoms with Crippen LogP contribution in [0.1, 0.15) is 24.8 Å². The second kappa shape index (κ2) is 3.67. The lowest BCUT2D eigenvalue weighted by atomic mass is 10.1. The molecule has 2 aliphatic rings. The Morgan fingerprint density at radius 2 is 2.06 bits per heavy atom. The first kappa shape index (κ1) is 9.97. The molecule has 3 nitrogen and oxygen atoms in total. The average molecular weight is 219 g/mol. The second-order valence-corrected chi connectivity index (χ2v) is 5.09. The van der Waals surface area contributed by atoms with Gasteiger partial charge < -0.3 is 10.2 Å². The Kier molecular flexibility index (Phi) is 2.28. The number of phenolic OH excluding ortho intramolecular Hbond substituents is 2. The first-order valence-corrected chi connectivity index (χ1v) is 5.97. The van der Waals surface area contributed by atoms with Crippen LogP contribution in [0.5, 0.6) is 11.5 Å². The number of fused-ring (bicyclic) bond motifs is 2. The monoisotopic (exact) mass is 219 g/mol. The molecule has 2 N–H and O–H groups in total. The van der Waals surface area contributed by atoms with Gasteiger partial charge in [0.25, 0.3) is 0 Å². The number of piperidine rings is 1. The van der Waals surface area contributed by atoms with Gasteiger partial charge in [-0.05, 0) is 42.9 Å². The zero-order chi connectivity index (χ0) is 11.1. The Balaban J connectivity index is 1.72. The number of likely N-dealkylation sites (tertiary alicyclic amines) is 1. The summed E-state index contributed by atoms with van der Waals surface area (Å²) in [4.78, 5) is 2.50. The van der Waals surface area contributed by atoms with Crippen LogP contribution in [-0.2, 0) is 6.54 Å². The summed E-state index contributed by atoms with van der Waals surface area (Å²) in [6, 6.07) is 5.88. The van der Waals surface area contributed by atoms with Crippen LogP contribution in [-0.4, -0.2) is 27.7 Å². The number of benzene rings is 1. The zero-order valence-electron chi connectivity index (χ0n) is 9.26. The van der Waals surface area contributed by atoms with Crippen molar-refractivity contribution in [3.8, 4) is 11.5 Å². The number of rotatable bonds is 2. The maximum Gasteiger partial charge on any atom is 0.157 e. The van der Waals surface area contributed by atoms with Crippen molar-refractivity contribution in [2.24, 2.45) is 5.92 Å². The Labute approximate surface area is 95.3 Å². The molecule has 2 atom stereocenters. The predicted molar refractivity (Wildman–Crippen MR) is 61.3 cm³/mol. The summed E-state index contributed by atoms with van der Waals surface area (Å²) in [6.45, 7) is 2.10. The van der Waals surface area contributed by atoms with E-state index >= 15 is 0 Å². The Bertz CT molecular complexity index is 405. The summed E-state index contributed by atoms with van der Waals surface area (Å²) in [5, 5.41) is 18.7. The molecule has 16 heavy (non-hydrogen) atoms. The molecule has 2 bridgehead atoms. The summed E-state index contributed by atoms with van der Waals surface area (Å²) in [5.74, 6) is 0.851. The van der Waals surface area contributed by atoms with Gasteiger partial charge in [0, 0.05) is 19.1 Å². The minimum atomic E-state index is -0.0355. The molecule has 0 amide bonds. The van der Waals surface area contributed by atoms with Gasteiger partial charge in [-0.2, -0.15) is 0 Å². The predicted octanol–water partition coefficient (Wildman–Crippen LogP) is 2.08. The van der Waals surface area contributed by atoms with E-state index in [4.69, 9.17) is 0 Å². The molecule has 1 saturated carbocycles. The molecule has 1 heterocycles. The Morgan fingerprint density at radius 3 is 2.69 bits per heavy atom. The van der Waals surface area contributed by atoms with Gasteiger partial charge in [0.05, 0.1) is 0 Å². The van der Waals surface area contributed by atoms with Crippen LogP contribution in [0, 0.1) is 5.92 Å². The molecule has 0 aromatic heterocycles. The van der Waals surface area contributed by atoms with Crippen molar-refractivity contribution < 1.29 is 10.2 Å². The van der Waals surface area contributed by atoms with Crippen LogP contribution in [0.2, 0.25) is 0 Å². The van der Waals surface area contributed by atoms with Crippen molar-refractivity contribution in [3.05, 3.63) is 23.8 Å². The molecule has 1 aliphatic carbocycles. The van der Waals surface area contributed by atoms with Gasteiger partial charge in [0.2, 0.25) is 0 Å². The first-order chi connectivity index (χ1) is 7.72. The van der Waals surface area contributed by atoms with Crippen molar-refractivity contribution >= 4 is 0 Å². The highest BCUT2D eigenvalue weighted by molar-refractivity contribution is 5.40. The molecule has 0 radical (unpaired) electrons. The van der Waals surface area contributed by atoms with Crippen LogP contribution in [0.3, 0.4) is 0 Å². The van der Waals surface area contributed by atoms with E-state index in [2.05, 4.69) is 4.90 Å². The molecule has 3 rings (SSSR count). The molecule has 2 unspecified atom stereocenters. The number of hydrogen-bond acceptors (Lipinski definition) is 3. The fourth-order valence-electron chi connectivity index (χ4n) is 3.12. The lowest BCUT2D eigenvalue weighted by Gasteiger charge is -2.26. The summed E-state index contributed by atoms with van der Waals surface area (Å²) < 4.78 is 0. The fourth-order valence-corrected chi connectivity index (χ4v) is 3.12. The number of hydrogen-bond donors (Lipinski definition) is 2. The van der Waals surface area contributed by atoms with E-state index < -0.39 is 0 Å². The molecule has 0 spiro atoms. The van der Waals surface area contributed by atoms with E-state index in [1.807, 2.05) is 6.07 Å². The minimum absolute atomic E-state index is 0.0122. The van der Waals surface area contributed by atoms with Crippen LogP contribution < -0.4 is 0 Å². The van der Waals surface area contributed by atoms with Gasteiger partial charge in [-0.3, -0.25) is 4.90 Å². The Hall–Kier alpha value is -1.22. The molecule has 86 valence electrons. The first-order valence-electron chi connectivity index (χ1n) is 5.97. The summed E-state index contributed by atoms with van der Waals surface area (Å²) in [6.07, 6.45) is 4.07. The topological polar surface area (TPSA) is 43.7 Å². The molecule has 3 heteroatoms. The average Bonchev–Trinajstić information content (AvgIpc) is 2.85. The van der Waals surface area contributed by atoms with Crippen molar-refractivity contribution in [2.75, 3.05) is 6.54 Å². The molecule has 1 saturated heterocycles. The van der Waals surface area contributed by atoms with Gasteiger partial charge >= 0.3 is 0 Å². The molecular weight excluding hydrogens is 202 g/mol. The van der Waals surface area contributed by atoms with Crippen molar-refractivity contribution in [1.82, 2.24) is 4.90 Å². The maximum atomic E-state index is 9.44. The van der Waals surface area contributed by atoms with Gasteiger partial charge in [-0.25, -0.2) is 0 Å². The lowest BCUT2D eigenvalue weighted by Crippen LogP contribution is -2.31. The molecule has 1 aromatic carbocycles. The van der Waals surface area contributed by atoms with Crippen LogP contribution >= 0.6 is 0 Å². The third kappa shape index (κ3) is 1.65. The SMILES string of the molecule is Oc1ccc(CN2CC3CCC2C3)cc1O. The highest BCUT2D eigenvalue weighted by Gasteiger charge is 2.37. The lowest BCUT2D eigenvalue weighted by molar-refractivity contribution is 0.205. The van der Waals surface area contributed by atoms with E-state index in [1.165, 1.54) is 25.8 Å². The van der Waals surface area contributed by atoms with Crippen LogP contribution in [0.25, 0.3) is 0 Å². The Morgan fingerprint density at radius 1 is 1.19 bits per heavy atom.